The van der Waals surface area contributed by atoms with E-state index in [4.69, 9.17) is 19.9 Å². The Kier molecular flexibility index (Phi) is 6.75. The quantitative estimate of drug-likeness (QED) is 0.549. The van der Waals surface area contributed by atoms with Crippen LogP contribution in [0.4, 0.5) is 0 Å². The summed E-state index contributed by atoms with van der Waals surface area (Å²) in [6, 6.07) is 14.0. The molecule has 7 heteroatoms. The summed E-state index contributed by atoms with van der Waals surface area (Å²) in [6.07, 6.45) is 1.75. The Morgan fingerprint density at radius 1 is 1.21 bits per heavy atom. The van der Waals surface area contributed by atoms with Crippen LogP contribution in [-0.2, 0) is 16.1 Å². The first-order valence-electron chi connectivity index (χ1n) is 10.9. The Labute approximate surface area is 201 Å². The molecule has 6 nitrogen and oxygen atoms in total. The molecular formula is C26H25BrN2O4. The topological polar surface area (TPSA) is 94.6 Å². The molecular weight excluding hydrogens is 484 g/mol. The molecule has 170 valence electrons. The molecule has 2 aliphatic rings. The summed E-state index contributed by atoms with van der Waals surface area (Å²) in [5.74, 6) is 1.07. The van der Waals surface area contributed by atoms with Crippen molar-refractivity contribution in [3.63, 3.8) is 0 Å². The van der Waals surface area contributed by atoms with E-state index in [1.54, 1.807) is 0 Å². The number of ketones is 1. The van der Waals surface area contributed by atoms with Gasteiger partial charge in [-0.05, 0) is 59.5 Å². The van der Waals surface area contributed by atoms with Gasteiger partial charge in [0.05, 0.1) is 17.0 Å². The van der Waals surface area contributed by atoms with Crippen LogP contribution in [-0.4, -0.2) is 12.4 Å². The Morgan fingerprint density at radius 3 is 2.67 bits per heavy atom. The molecule has 2 aromatic carbocycles. The Morgan fingerprint density at radius 2 is 1.97 bits per heavy atom. The number of allylic oxidation sites excluding steroid dienone is 3. The first kappa shape index (κ1) is 22.9. The van der Waals surface area contributed by atoms with E-state index >= 15 is 0 Å². The zero-order chi connectivity index (χ0) is 23.5. The average Bonchev–Trinajstić information content (AvgIpc) is 2.79. The molecule has 1 aliphatic carbocycles. The van der Waals surface area contributed by atoms with E-state index in [0.29, 0.717) is 59.8 Å². The minimum atomic E-state index is -0.604. The van der Waals surface area contributed by atoms with Gasteiger partial charge in [-0.15, -0.1) is 0 Å². The van der Waals surface area contributed by atoms with Gasteiger partial charge in [0, 0.05) is 18.4 Å². The van der Waals surface area contributed by atoms with Crippen LogP contribution in [0.15, 0.2) is 63.7 Å². The molecule has 1 atom stereocenters. The number of Topliss-reactive ketones (excluding diaryl/α,β-unsaturated/α-hetero) is 1. The van der Waals surface area contributed by atoms with Crippen LogP contribution in [0.25, 0.3) is 0 Å². The fraction of sp³-hybridized carbons (Fsp3) is 0.308. The van der Waals surface area contributed by atoms with Gasteiger partial charge in [0.1, 0.15) is 24.0 Å². The molecule has 0 amide bonds. The van der Waals surface area contributed by atoms with Crippen molar-refractivity contribution in [2.45, 2.75) is 45.6 Å². The molecule has 0 bridgehead atoms. The molecule has 4 rings (SSSR count). The van der Waals surface area contributed by atoms with Crippen molar-refractivity contribution in [1.29, 1.82) is 5.26 Å². The van der Waals surface area contributed by atoms with Crippen LogP contribution >= 0.6 is 15.9 Å². The number of rotatable bonds is 6. The second-order valence-electron chi connectivity index (χ2n) is 8.08. The molecule has 0 unspecified atom stereocenters. The summed E-state index contributed by atoms with van der Waals surface area (Å²) >= 11 is 3.61. The van der Waals surface area contributed by atoms with Crippen molar-refractivity contribution in [2.24, 2.45) is 5.73 Å². The highest BCUT2D eigenvalue weighted by Gasteiger charge is 2.38. The van der Waals surface area contributed by atoms with Gasteiger partial charge in [0.15, 0.2) is 17.3 Å². The number of ether oxygens (including phenoxy) is 3. The predicted molar refractivity (Wildman–Crippen MR) is 127 cm³/mol. The SMILES string of the molecule is CCOc1cc([C@H]2C(C#N)=C(N)OC3=C2C(=O)CCC3)cc(Br)c1OCc1ccc(C)cc1. The van der Waals surface area contributed by atoms with E-state index in [-0.39, 0.29) is 17.2 Å². The lowest BCUT2D eigenvalue weighted by Gasteiger charge is -2.31. The molecule has 0 aromatic heterocycles. The van der Waals surface area contributed by atoms with E-state index in [0.717, 1.165) is 11.1 Å². The third-order valence-electron chi connectivity index (χ3n) is 5.77. The van der Waals surface area contributed by atoms with E-state index < -0.39 is 5.92 Å². The van der Waals surface area contributed by atoms with Crippen LogP contribution in [0.1, 0.15) is 48.8 Å². The summed E-state index contributed by atoms with van der Waals surface area (Å²) in [4.78, 5) is 12.8. The molecule has 0 fully saturated rings. The van der Waals surface area contributed by atoms with Crippen molar-refractivity contribution < 1.29 is 19.0 Å². The second kappa shape index (κ2) is 9.72. The van der Waals surface area contributed by atoms with E-state index in [1.807, 2.05) is 50.2 Å². The maximum absolute atomic E-state index is 12.8. The number of nitriles is 1. The lowest BCUT2D eigenvalue weighted by atomic mass is 9.77. The zero-order valence-corrected chi connectivity index (χ0v) is 20.2. The summed E-state index contributed by atoms with van der Waals surface area (Å²) in [5, 5.41) is 9.83. The molecule has 2 aromatic rings. The number of carbonyl (C=O) groups excluding carboxylic acids is 1. The van der Waals surface area contributed by atoms with Gasteiger partial charge in [-0.3, -0.25) is 4.79 Å². The van der Waals surface area contributed by atoms with Gasteiger partial charge < -0.3 is 19.9 Å². The molecule has 1 aliphatic heterocycles. The van der Waals surface area contributed by atoms with E-state index in [9.17, 15) is 10.1 Å². The van der Waals surface area contributed by atoms with Crippen LogP contribution in [0, 0.1) is 18.3 Å². The molecule has 33 heavy (non-hydrogen) atoms. The summed E-state index contributed by atoms with van der Waals surface area (Å²) in [7, 11) is 0. The van der Waals surface area contributed by atoms with Gasteiger partial charge in [-0.25, -0.2) is 0 Å². The first-order valence-corrected chi connectivity index (χ1v) is 11.7. The average molecular weight is 509 g/mol. The maximum atomic E-state index is 12.8. The van der Waals surface area contributed by atoms with E-state index in [2.05, 4.69) is 22.0 Å². The van der Waals surface area contributed by atoms with Gasteiger partial charge in [-0.2, -0.15) is 5.26 Å². The van der Waals surface area contributed by atoms with Crippen molar-refractivity contribution in [2.75, 3.05) is 6.61 Å². The van der Waals surface area contributed by atoms with Crippen LogP contribution in [0.2, 0.25) is 0 Å². The minimum absolute atomic E-state index is 0.0183. The summed E-state index contributed by atoms with van der Waals surface area (Å²) in [5.41, 5.74) is 9.76. The van der Waals surface area contributed by atoms with Crippen LogP contribution in [0.5, 0.6) is 11.5 Å². The van der Waals surface area contributed by atoms with Crippen LogP contribution < -0.4 is 15.2 Å². The standard InChI is InChI=1S/C26H25BrN2O4/c1-3-31-22-12-17(11-19(27)25(22)32-14-16-9-7-15(2)8-10-16)23-18(13-28)26(29)33-21-6-4-5-20(30)24(21)23/h7-12,23H,3-6,14,29H2,1-2H3/t23-/m0/s1. The van der Waals surface area contributed by atoms with Gasteiger partial charge in [0.2, 0.25) is 5.88 Å². The largest absolute Gasteiger partial charge is 0.490 e. The second-order valence-corrected chi connectivity index (χ2v) is 8.93. The number of halogens is 1. The fourth-order valence-corrected chi connectivity index (χ4v) is 4.76. The molecule has 2 N–H and O–H groups in total. The van der Waals surface area contributed by atoms with Gasteiger partial charge in [-0.1, -0.05) is 29.8 Å². The third kappa shape index (κ3) is 4.62. The van der Waals surface area contributed by atoms with Crippen LogP contribution in [0.3, 0.4) is 0 Å². The number of hydrogen-bond donors (Lipinski definition) is 1. The van der Waals surface area contributed by atoms with Gasteiger partial charge >= 0.3 is 0 Å². The number of aryl methyl sites for hydroxylation is 1. The first-order chi connectivity index (χ1) is 15.9. The van der Waals surface area contributed by atoms with Gasteiger partial charge in [0.25, 0.3) is 0 Å². The Balaban J connectivity index is 1.75. The lowest BCUT2D eigenvalue weighted by molar-refractivity contribution is -0.116. The highest BCUT2D eigenvalue weighted by atomic mass is 79.9. The monoisotopic (exact) mass is 508 g/mol. The lowest BCUT2D eigenvalue weighted by Crippen LogP contribution is -2.27. The number of nitrogens with two attached hydrogens (primary N) is 1. The fourth-order valence-electron chi connectivity index (χ4n) is 4.19. The molecule has 0 radical (unpaired) electrons. The molecule has 0 saturated heterocycles. The minimum Gasteiger partial charge on any atom is -0.490 e. The summed E-state index contributed by atoms with van der Waals surface area (Å²) < 4.78 is 18.4. The number of carbonyl (C=O) groups is 1. The Bertz CT molecular complexity index is 1190. The number of benzene rings is 2. The molecule has 0 saturated carbocycles. The smallest absolute Gasteiger partial charge is 0.205 e. The van der Waals surface area contributed by atoms with Crippen molar-refractivity contribution in [3.05, 3.63) is 80.3 Å². The molecule has 0 spiro atoms. The maximum Gasteiger partial charge on any atom is 0.205 e. The predicted octanol–water partition coefficient (Wildman–Crippen LogP) is 5.55. The summed E-state index contributed by atoms with van der Waals surface area (Å²) in [6.45, 7) is 4.74. The number of hydrogen-bond acceptors (Lipinski definition) is 6. The highest BCUT2D eigenvalue weighted by molar-refractivity contribution is 9.10. The highest BCUT2D eigenvalue weighted by Crippen LogP contribution is 2.47. The number of nitrogens with zero attached hydrogens (tertiary/aromatic N) is 1. The third-order valence-corrected chi connectivity index (χ3v) is 6.36. The van der Waals surface area contributed by atoms with E-state index in [1.165, 1.54) is 5.56 Å². The van der Waals surface area contributed by atoms with Crippen molar-refractivity contribution >= 4 is 21.7 Å². The Hall–Kier alpha value is -3.24. The molecule has 1 heterocycles. The van der Waals surface area contributed by atoms with Crippen molar-refractivity contribution in [1.82, 2.24) is 0 Å². The zero-order valence-electron chi connectivity index (χ0n) is 18.6. The normalized spacial score (nSPS) is 17.9. The van der Waals surface area contributed by atoms with Crippen molar-refractivity contribution in [3.8, 4) is 17.6 Å².